The van der Waals surface area contributed by atoms with Gasteiger partial charge >= 0.3 is 0 Å². The van der Waals surface area contributed by atoms with Crippen molar-refractivity contribution in [3.8, 4) is 17.5 Å². The molecular formula is C29H31FN8O3. The van der Waals surface area contributed by atoms with E-state index in [-0.39, 0.29) is 12.1 Å². The lowest BCUT2D eigenvalue weighted by Gasteiger charge is -2.41. The maximum Gasteiger partial charge on any atom is 0.255 e. The molecule has 0 aromatic carbocycles. The van der Waals surface area contributed by atoms with Crippen molar-refractivity contribution in [2.24, 2.45) is 0 Å². The molecule has 1 aliphatic heterocycles. The second-order valence-electron chi connectivity index (χ2n) is 10.5. The average molecular weight is 559 g/mol. The SMILES string of the molecule is COCC1CCN1c1ccc(Nc2cc(-c3ccc4cc(C#N)cnn34)ncc2C(=O)NC[C@@H](F)C(C)(C)O)cn1. The van der Waals surface area contributed by atoms with Gasteiger partial charge in [0.15, 0.2) is 0 Å². The minimum atomic E-state index is -1.66. The summed E-state index contributed by atoms with van der Waals surface area (Å²) in [6.07, 6.45) is 3.94. The van der Waals surface area contributed by atoms with E-state index in [1.165, 1.54) is 26.2 Å². The summed E-state index contributed by atoms with van der Waals surface area (Å²) in [6, 6.07) is 13.2. The molecule has 1 unspecified atom stereocenters. The number of rotatable bonds is 10. The summed E-state index contributed by atoms with van der Waals surface area (Å²) in [5.74, 6) is 0.281. The van der Waals surface area contributed by atoms with Gasteiger partial charge in [-0.05, 0) is 56.7 Å². The number of nitrogens with one attached hydrogen (secondary N) is 2. The van der Waals surface area contributed by atoms with Crippen LogP contribution in [-0.2, 0) is 4.74 Å². The fourth-order valence-corrected chi connectivity index (χ4v) is 4.55. The molecule has 1 saturated heterocycles. The zero-order valence-electron chi connectivity index (χ0n) is 23.0. The Hall–Kier alpha value is -4.60. The van der Waals surface area contributed by atoms with Crippen LogP contribution in [-0.4, -0.2) is 75.2 Å². The highest BCUT2D eigenvalue weighted by atomic mass is 19.1. The van der Waals surface area contributed by atoms with Gasteiger partial charge in [-0.1, -0.05) is 0 Å². The van der Waals surface area contributed by atoms with Crippen molar-refractivity contribution in [2.45, 2.75) is 38.1 Å². The third-order valence-electron chi connectivity index (χ3n) is 7.07. The number of nitrogens with zero attached hydrogens (tertiary/aromatic N) is 6. The predicted octanol–water partition coefficient (Wildman–Crippen LogP) is 3.47. The zero-order chi connectivity index (χ0) is 29.1. The van der Waals surface area contributed by atoms with Crippen LogP contribution in [0.25, 0.3) is 16.9 Å². The minimum Gasteiger partial charge on any atom is -0.387 e. The number of nitriles is 1. The Bertz CT molecular complexity index is 1590. The second-order valence-corrected chi connectivity index (χ2v) is 10.5. The van der Waals surface area contributed by atoms with Crippen molar-refractivity contribution in [1.82, 2.24) is 24.9 Å². The number of aliphatic hydroxyl groups is 1. The second kappa shape index (κ2) is 11.5. The largest absolute Gasteiger partial charge is 0.387 e. The number of halogens is 1. The molecule has 12 heteroatoms. The Morgan fingerprint density at radius 2 is 2.07 bits per heavy atom. The van der Waals surface area contributed by atoms with Crippen LogP contribution in [0.2, 0.25) is 0 Å². The van der Waals surface area contributed by atoms with Crippen LogP contribution >= 0.6 is 0 Å². The Morgan fingerprint density at radius 3 is 2.73 bits per heavy atom. The Balaban J connectivity index is 1.45. The Kier molecular flexibility index (Phi) is 7.83. The van der Waals surface area contributed by atoms with Gasteiger partial charge < -0.3 is 25.4 Å². The summed E-state index contributed by atoms with van der Waals surface area (Å²) in [7, 11) is 1.68. The zero-order valence-corrected chi connectivity index (χ0v) is 23.0. The summed E-state index contributed by atoms with van der Waals surface area (Å²) in [6.45, 7) is 3.86. The van der Waals surface area contributed by atoms with E-state index >= 15 is 0 Å². The van der Waals surface area contributed by atoms with E-state index in [0.29, 0.717) is 41.0 Å². The number of amides is 1. The van der Waals surface area contributed by atoms with Gasteiger partial charge in [0.25, 0.3) is 5.91 Å². The first-order valence-electron chi connectivity index (χ1n) is 13.2. The molecule has 0 saturated carbocycles. The van der Waals surface area contributed by atoms with E-state index in [9.17, 15) is 19.6 Å². The van der Waals surface area contributed by atoms with Crippen LogP contribution < -0.4 is 15.5 Å². The molecule has 212 valence electrons. The summed E-state index contributed by atoms with van der Waals surface area (Å²) in [4.78, 5) is 24.4. The van der Waals surface area contributed by atoms with Crippen molar-refractivity contribution >= 4 is 28.6 Å². The van der Waals surface area contributed by atoms with Crippen molar-refractivity contribution in [3.63, 3.8) is 0 Å². The molecule has 2 atom stereocenters. The van der Waals surface area contributed by atoms with Gasteiger partial charge in [-0.25, -0.2) is 13.9 Å². The lowest BCUT2D eigenvalue weighted by molar-refractivity contribution is -0.00177. The number of aromatic nitrogens is 4. The number of anilines is 3. The highest BCUT2D eigenvalue weighted by Crippen LogP contribution is 2.30. The maximum absolute atomic E-state index is 14.4. The normalized spacial score (nSPS) is 15.7. The molecule has 1 amide bonds. The van der Waals surface area contributed by atoms with Crippen molar-refractivity contribution in [1.29, 1.82) is 5.26 Å². The lowest BCUT2D eigenvalue weighted by Crippen LogP contribution is -2.50. The molecule has 0 aliphatic carbocycles. The monoisotopic (exact) mass is 558 g/mol. The number of hydrogen-bond acceptors (Lipinski definition) is 9. The highest BCUT2D eigenvalue weighted by Gasteiger charge is 2.29. The molecule has 5 rings (SSSR count). The van der Waals surface area contributed by atoms with E-state index in [1.807, 2.05) is 24.3 Å². The number of carbonyl (C=O) groups excluding carboxylic acids is 1. The summed E-state index contributed by atoms with van der Waals surface area (Å²) >= 11 is 0. The molecule has 41 heavy (non-hydrogen) atoms. The maximum atomic E-state index is 14.4. The van der Waals surface area contributed by atoms with Gasteiger partial charge in [-0.2, -0.15) is 10.4 Å². The van der Waals surface area contributed by atoms with Crippen LogP contribution in [0.15, 0.2) is 55.0 Å². The number of pyridine rings is 2. The van der Waals surface area contributed by atoms with Crippen LogP contribution in [0.1, 0.15) is 36.2 Å². The van der Waals surface area contributed by atoms with Gasteiger partial charge in [0.1, 0.15) is 18.1 Å². The van der Waals surface area contributed by atoms with Crippen LogP contribution in [0.4, 0.5) is 21.6 Å². The van der Waals surface area contributed by atoms with E-state index in [0.717, 1.165) is 24.3 Å². The summed E-state index contributed by atoms with van der Waals surface area (Å²) in [5, 5.41) is 29.3. The fourth-order valence-electron chi connectivity index (χ4n) is 4.55. The highest BCUT2D eigenvalue weighted by molar-refractivity contribution is 6.00. The van der Waals surface area contributed by atoms with E-state index in [1.54, 1.807) is 30.0 Å². The van der Waals surface area contributed by atoms with Crippen molar-refractivity contribution in [3.05, 3.63) is 66.1 Å². The molecule has 3 N–H and O–H groups in total. The standard InChI is InChI=1S/C29H31FN8O3/c1-29(2,40)26(30)16-34-28(39)22-15-32-24(25-6-5-20-10-18(12-31)13-35-38(20)25)11-23(22)36-19-4-7-27(33-14-19)37-9-8-21(37)17-41-3/h4-7,10-11,13-15,21,26,40H,8-9,16-17H2,1-3H3,(H,32,36)(H,34,39)/t21?,26-/m1/s1. The van der Waals surface area contributed by atoms with Gasteiger partial charge in [0.05, 0.1) is 76.6 Å². The molecule has 1 aliphatic rings. The first-order chi connectivity index (χ1) is 19.7. The predicted molar refractivity (Wildman–Crippen MR) is 152 cm³/mol. The molecule has 5 heterocycles. The molecule has 1 fully saturated rings. The third kappa shape index (κ3) is 5.96. The molecule has 0 spiro atoms. The number of alkyl halides is 1. The molecule has 4 aromatic heterocycles. The van der Waals surface area contributed by atoms with Gasteiger partial charge in [-0.3, -0.25) is 9.78 Å². The van der Waals surface area contributed by atoms with Crippen LogP contribution in [0.5, 0.6) is 0 Å². The average Bonchev–Trinajstić information content (AvgIpc) is 3.37. The van der Waals surface area contributed by atoms with Crippen molar-refractivity contribution in [2.75, 3.05) is 37.0 Å². The summed E-state index contributed by atoms with van der Waals surface area (Å²) in [5.41, 5.74) is 1.97. The van der Waals surface area contributed by atoms with Crippen molar-refractivity contribution < 1.29 is 19.0 Å². The Labute approximate surface area is 236 Å². The first-order valence-corrected chi connectivity index (χ1v) is 13.2. The van der Waals surface area contributed by atoms with Gasteiger partial charge in [0, 0.05) is 19.9 Å². The molecule has 11 nitrogen and oxygen atoms in total. The molecule has 0 radical (unpaired) electrons. The number of hydrogen-bond donors (Lipinski definition) is 3. The number of ether oxygens (including phenoxy) is 1. The molecular weight excluding hydrogens is 527 g/mol. The Morgan fingerprint density at radius 1 is 1.24 bits per heavy atom. The quantitative estimate of drug-likeness (QED) is 0.267. The first kappa shape index (κ1) is 27.9. The van der Waals surface area contributed by atoms with Gasteiger partial charge in [0.2, 0.25) is 0 Å². The number of carbonyl (C=O) groups is 1. The summed E-state index contributed by atoms with van der Waals surface area (Å²) < 4.78 is 21.3. The fraction of sp³-hybridized carbons (Fsp3) is 0.345. The van der Waals surface area contributed by atoms with E-state index < -0.39 is 17.7 Å². The number of methoxy groups -OCH3 is 1. The topological polar surface area (TPSA) is 141 Å². The van der Waals surface area contributed by atoms with Crippen LogP contribution in [0.3, 0.4) is 0 Å². The lowest BCUT2D eigenvalue weighted by atomic mass is 10.0. The molecule has 4 aromatic rings. The van der Waals surface area contributed by atoms with E-state index in [2.05, 4.69) is 36.7 Å². The van der Waals surface area contributed by atoms with Crippen LogP contribution in [0, 0.1) is 11.3 Å². The molecule has 0 bridgehead atoms. The van der Waals surface area contributed by atoms with Gasteiger partial charge in [-0.15, -0.1) is 0 Å². The third-order valence-corrected chi connectivity index (χ3v) is 7.07. The van der Waals surface area contributed by atoms with E-state index in [4.69, 9.17) is 4.74 Å². The number of fused-ring (bicyclic) bond motifs is 1. The smallest absolute Gasteiger partial charge is 0.255 e. The minimum absolute atomic E-state index is 0.185.